The van der Waals surface area contributed by atoms with E-state index in [1.807, 2.05) is 62.4 Å². The number of carbonyl (C=O) groups is 2. The van der Waals surface area contributed by atoms with E-state index in [0.29, 0.717) is 19.5 Å². The normalized spacial score (nSPS) is 11.6. The Morgan fingerprint density at radius 1 is 1.06 bits per heavy atom. The molecule has 0 fully saturated rings. The number of benzene rings is 2. The van der Waals surface area contributed by atoms with Crippen LogP contribution in [0.25, 0.3) is 0 Å². The topological polar surface area (TPSA) is 58.6 Å². The molecule has 0 spiro atoms. The van der Waals surface area contributed by atoms with E-state index in [0.717, 1.165) is 29.1 Å². The van der Waals surface area contributed by atoms with E-state index in [1.165, 1.54) is 17.3 Å². The van der Waals surface area contributed by atoms with Gasteiger partial charge in [0.2, 0.25) is 11.8 Å². The minimum absolute atomic E-state index is 0.0427. The molecule has 0 aliphatic carbocycles. The Balaban J connectivity index is 2.16. The fraction of sp³-hybridized carbons (Fsp3) is 0.440. The summed E-state index contributed by atoms with van der Waals surface area (Å²) in [5.74, 6) is 0.927. The predicted molar refractivity (Wildman–Crippen MR) is 127 cm³/mol. The number of amides is 2. The van der Waals surface area contributed by atoms with Crippen LogP contribution in [0.3, 0.4) is 0 Å². The first kappa shape index (κ1) is 24.8. The van der Waals surface area contributed by atoms with Crippen LogP contribution in [0.2, 0.25) is 0 Å². The third-order valence-electron chi connectivity index (χ3n) is 5.11. The summed E-state index contributed by atoms with van der Waals surface area (Å²) in [6, 6.07) is 15.3. The van der Waals surface area contributed by atoms with Crippen LogP contribution in [0.15, 0.2) is 53.4 Å². The Labute approximate surface area is 190 Å². The maximum Gasteiger partial charge on any atom is 0.242 e. The third-order valence-corrected chi connectivity index (χ3v) is 6.11. The van der Waals surface area contributed by atoms with Gasteiger partial charge in [-0.25, -0.2) is 0 Å². The Kier molecular flexibility index (Phi) is 10.4. The highest BCUT2D eigenvalue weighted by molar-refractivity contribution is 8.00. The first-order valence-corrected chi connectivity index (χ1v) is 11.9. The Bertz CT molecular complexity index is 822. The second kappa shape index (κ2) is 13.1. The number of carbonyl (C=O) groups excluding carboxylic acids is 2. The van der Waals surface area contributed by atoms with Crippen molar-refractivity contribution in [3.05, 3.63) is 59.7 Å². The van der Waals surface area contributed by atoms with Crippen molar-refractivity contribution in [3.63, 3.8) is 0 Å². The molecule has 0 saturated carbocycles. The standard InChI is InChI=1S/C25H34N2O3S/c1-5-7-16-26-25(29)23(6-2)27(17-20-10-12-21(30-4)13-11-20)24(28)18-31-22-14-8-19(3)9-15-22/h8-15,23H,5-7,16-18H2,1-4H3,(H,26,29). The first-order chi connectivity index (χ1) is 15.0. The lowest BCUT2D eigenvalue weighted by atomic mass is 10.1. The highest BCUT2D eigenvalue weighted by Crippen LogP contribution is 2.21. The molecule has 1 atom stereocenters. The lowest BCUT2D eigenvalue weighted by molar-refractivity contribution is -0.139. The number of thioether (sulfide) groups is 1. The van der Waals surface area contributed by atoms with Crippen LogP contribution in [0, 0.1) is 6.92 Å². The van der Waals surface area contributed by atoms with Crippen LogP contribution in [0.1, 0.15) is 44.2 Å². The molecule has 2 aromatic carbocycles. The van der Waals surface area contributed by atoms with Crippen molar-refractivity contribution in [1.82, 2.24) is 10.2 Å². The second-order valence-corrected chi connectivity index (χ2v) is 8.59. The fourth-order valence-electron chi connectivity index (χ4n) is 3.22. The van der Waals surface area contributed by atoms with Gasteiger partial charge in [-0.1, -0.05) is 50.1 Å². The van der Waals surface area contributed by atoms with Crippen molar-refractivity contribution in [2.24, 2.45) is 0 Å². The van der Waals surface area contributed by atoms with Gasteiger partial charge in [0, 0.05) is 18.0 Å². The summed E-state index contributed by atoms with van der Waals surface area (Å²) < 4.78 is 5.23. The molecule has 5 nitrogen and oxygen atoms in total. The van der Waals surface area contributed by atoms with Gasteiger partial charge >= 0.3 is 0 Å². The molecule has 0 aliphatic rings. The van der Waals surface area contributed by atoms with E-state index in [4.69, 9.17) is 4.74 Å². The van der Waals surface area contributed by atoms with Gasteiger partial charge in [0.25, 0.3) is 0 Å². The van der Waals surface area contributed by atoms with E-state index >= 15 is 0 Å². The van der Waals surface area contributed by atoms with Crippen LogP contribution < -0.4 is 10.1 Å². The zero-order valence-corrected chi connectivity index (χ0v) is 19.8. The number of ether oxygens (including phenoxy) is 1. The fourth-order valence-corrected chi connectivity index (χ4v) is 4.00. The molecule has 2 amide bonds. The SMILES string of the molecule is CCCCNC(=O)C(CC)N(Cc1ccc(OC)cc1)C(=O)CSc1ccc(C)cc1. The molecule has 0 aliphatic heterocycles. The number of hydrogen-bond acceptors (Lipinski definition) is 4. The van der Waals surface area contributed by atoms with Crippen molar-refractivity contribution in [2.75, 3.05) is 19.4 Å². The summed E-state index contributed by atoms with van der Waals surface area (Å²) in [6.45, 7) is 7.10. The molecule has 31 heavy (non-hydrogen) atoms. The molecule has 168 valence electrons. The van der Waals surface area contributed by atoms with Gasteiger partial charge in [-0.05, 0) is 49.6 Å². The van der Waals surface area contributed by atoms with Gasteiger partial charge in [-0.2, -0.15) is 0 Å². The Morgan fingerprint density at radius 3 is 2.32 bits per heavy atom. The molecule has 0 bridgehead atoms. The zero-order chi connectivity index (χ0) is 22.6. The molecule has 0 aromatic heterocycles. The molecular weight excluding hydrogens is 408 g/mol. The zero-order valence-electron chi connectivity index (χ0n) is 19.0. The quantitative estimate of drug-likeness (QED) is 0.378. The van der Waals surface area contributed by atoms with Crippen LogP contribution in [-0.2, 0) is 16.1 Å². The van der Waals surface area contributed by atoms with E-state index in [9.17, 15) is 9.59 Å². The van der Waals surface area contributed by atoms with Gasteiger partial charge in [0.05, 0.1) is 12.9 Å². The highest BCUT2D eigenvalue weighted by Gasteiger charge is 2.28. The molecule has 2 aromatic rings. The van der Waals surface area contributed by atoms with E-state index < -0.39 is 6.04 Å². The molecule has 0 heterocycles. The number of methoxy groups -OCH3 is 1. The number of unbranched alkanes of at least 4 members (excludes halogenated alkanes) is 1. The number of aryl methyl sites for hydroxylation is 1. The third kappa shape index (κ3) is 7.94. The monoisotopic (exact) mass is 442 g/mol. The van der Waals surface area contributed by atoms with Crippen molar-refractivity contribution in [3.8, 4) is 5.75 Å². The summed E-state index contributed by atoms with van der Waals surface area (Å²) in [7, 11) is 1.63. The molecule has 6 heteroatoms. The Hall–Kier alpha value is -2.47. The average molecular weight is 443 g/mol. The van der Waals surface area contributed by atoms with Crippen LogP contribution >= 0.6 is 11.8 Å². The number of nitrogens with zero attached hydrogens (tertiary/aromatic N) is 1. The molecule has 0 saturated heterocycles. The maximum atomic E-state index is 13.2. The van der Waals surface area contributed by atoms with Gasteiger partial charge in [0.1, 0.15) is 11.8 Å². The first-order valence-electron chi connectivity index (χ1n) is 10.9. The number of nitrogens with one attached hydrogen (secondary N) is 1. The van der Waals surface area contributed by atoms with Crippen molar-refractivity contribution in [2.45, 2.75) is 57.5 Å². The summed E-state index contributed by atoms with van der Waals surface area (Å²) in [4.78, 5) is 28.9. The van der Waals surface area contributed by atoms with Gasteiger partial charge in [-0.3, -0.25) is 9.59 Å². The smallest absolute Gasteiger partial charge is 0.242 e. The number of hydrogen-bond donors (Lipinski definition) is 1. The van der Waals surface area contributed by atoms with Crippen LogP contribution in [-0.4, -0.2) is 42.2 Å². The predicted octanol–water partition coefficient (Wildman–Crippen LogP) is 4.82. The summed E-state index contributed by atoms with van der Waals surface area (Å²) >= 11 is 1.50. The van der Waals surface area contributed by atoms with Gasteiger partial charge in [0.15, 0.2) is 0 Å². The highest BCUT2D eigenvalue weighted by atomic mass is 32.2. The molecule has 1 N–H and O–H groups in total. The largest absolute Gasteiger partial charge is 0.497 e. The van der Waals surface area contributed by atoms with Crippen LogP contribution in [0.4, 0.5) is 0 Å². The Morgan fingerprint density at radius 2 is 1.74 bits per heavy atom. The molecule has 0 radical (unpaired) electrons. The molecule has 2 rings (SSSR count). The lowest BCUT2D eigenvalue weighted by Crippen LogP contribution is -2.49. The molecule has 1 unspecified atom stereocenters. The van der Waals surface area contributed by atoms with E-state index in [1.54, 1.807) is 12.0 Å². The van der Waals surface area contributed by atoms with Crippen molar-refractivity contribution in [1.29, 1.82) is 0 Å². The minimum atomic E-state index is -0.495. The summed E-state index contributed by atoms with van der Waals surface area (Å²) in [5.41, 5.74) is 2.15. The maximum absolute atomic E-state index is 13.2. The van der Waals surface area contributed by atoms with Gasteiger partial charge < -0.3 is 15.0 Å². The lowest BCUT2D eigenvalue weighted by Gasteiger charge is -2.30. The minimum Gasteiger partial charge on any atom is -0.497 e. The average Bonchev–Trinajstić information content (AvgIpc) is 2.79. The van der Waals surface area contributed by atoms with Crippen LogP contribution in [0.5, 0.6) is 5.75 Å². The van der Waals surface area contributed by atoms with Gasteiger partial charge in [-0.15, -0.1) is 11.8 Å². The van der Waals surface area contributed by atoms with E-state index in [2.05, 4.69) is 12.2 Å². The van der Waals surface area contributed by atoms with E-state index in [-0.39, 0.29) is 17.6 Å². The molecular formula is C25H34N2O3S. The van der Waals surface area contributed by atoms with Crippen molar-refractivity contribution >= 4 is 23.6 Å². The summed E-state index contributed by atoms with van der Waals surface area (Å²) in [5, 5.41) is 2.99. The summed E-state index contributed by atoms with van der Waals surface area (Å²) in [6.07, 6.45) is 2.51. The van der Waals surface area contributed by atoms with Crippen molar-refractivity contribution < 1.29 is 14.3 Å². The second-order valence-electron chi connectivity index (χ2n) is 7.54. The number of rotatable bonds is 12.